The van der Waals surface area contributed by atoms with E-state index in [1.54, 1.807) is 6.08 Å². The number of alkyl halides is 1. The molecule has 2 atom stereocenters. The van der Waals surface area contributed by atoms with E-state index in [9.17, 15) is 4.79 Å². The van der Waals surface area contributed by atoms with Crippen LogP contribution in [0.2, 0.25) is 0 Å². The van der Waals surface area contributed by atoms with Crippen LogP contribution in [0.5, 0.6) is 0 Å². The Kier molecular flexibility index (Phi) is 5.15. The zero-order valence-corrected chi connectivity index (χ0v) is 12.8. The quantitative estimate of drug-likeness (QED) is 0.749. The van der Waals surface area contributed by atoms with Crippen LogP contribution in [0.4, 0.5) is 0 Å². The number of rotatable bonds is 4. The highest BCUT2D eigenvalue weighted by Crippen LogP contribution is 2.24. The van der Waals surface area contributed by atoms with Crippen molar-refractivity contribution in [2.45, 2.75) is 25.1 Å². The molecule has 2 heteroatoms. The number of benzene rings is 1. The van der Waals surface area contributed by atoms with Crippen molar-refractivity contribution in [3.05, 3.63) is 59.7 Å². The molecule has 0 saturated carbocycles. The van der Waals surface area contributed by atoms with Crippen LogP contribution in [0.25, 0.3) is 0 Å². The Morgan fingerprint density at radius 2 is 1.89 bits per heavy atom. The second kappa shape index (κ2) is 6.85. The van der Waals surface area contributed by atoms with E-state index < -0.39 is 0 Å². The van der Waals surface area contributed by atoms with E-state index in [2.05, 4.69) is 53.2 Å². The molecule has 2 unspecified atom stereocenters. The van der Waals surface area contributed by atoms with E-state index in [1.807, 2.05) is 12.2 Å². The van der Waals surface area contributed by atoms with E-state index in [4.69, 9.17) is 0 Å². The molecule has 1 aromatic carbocycles. The Morgan fingerprint density at radius 1 is 1.21 bits per heavy atom. The number of allylic oxidation sites excluding steroid dienone is 4. The summed E-state index contributed by atoms with van der Waals surface area (Å²) < 4.78 is 0. The summed E-state index contributed by atoms with van der Waals surface area (Å²) in [4.78, 5) is 12.0. The molecule has 0 N–H and O–H groups in total. The Labute approximate surface area is 123 Å². The van der Waals surface area contributed by atoms with Gasteiger partial charge in [-0.3, -0.25) is 4.79 Å². The molecule has 0 saturated heterocycles. The first-order chi connectivity index (χ1) is 9.20. The normalized spacial score (nSPS) is 20.3. The minimum absolute atomic E-state index is 0.117. The summed E-state index contributed by atoms with van der Waals surface area (Å²) in [7, 11) is 0. The molecule has 0 spiro atoms. The van der Waals surface area contributed by atoms with E-state index in [0.717, 1.165) is 18.2 Å². The second-order valence-corrected chi connectivity index (χ2v) is 5.72. The molecule has 0 aliphatic heterocycles. The number of carbonyl (C=O) groups excluding carboxylic acids is 1. The van der Waals surface area contributed by atoms with Crippen molar-refractivity contribution >= 4 is 21.7 Å². The Balaban J connectivity index is 2.03. The fraction of sp³-hybridized carbons (Fsp3) is 0.353. The minimum atomic E-state index is 0.117. The topological polar surface area (TPSA) is 17.1 Å². The number of ketones is 1. The summed E-state index contributed by atoms with van der Waals surface area (Å²) in [6.07, 6.45) is 9.43. The summed E-state index contributed by atoms with van der Waals surface area (Å²) in [6, 6.07) is 8.62. The Morgan fingerprint density at radius 3 is 2.58 bits per heavy atom. The molecule has 0 bridgehead atoms. The molecule has 0 heterocycles. The van der Waals surface area contributed by atoms with Crippen molar-refractivity contribution in [1.29, 1.82) is 0 Å². The van der Waals surface area contributed by atoms with Crippen LogP contribution in [0.3, 0.4) is 0 Å². The van der Waals surface area contributed by atoms with Crippen molar-refractivity contribution in [2.24, 2.45) is 11.8 Å². The molecule has 0 amide bonds. The molecule has 1 aliphatic rings. The SMILES string of the molecule is CC(Cc1ccc(CBr)cc1)C1CC=CC=CC1=O. The highest BCUT2D eigenvalue weighted by Gasteiger charge is 2.23. The Hall–Kier alpha value is -1.15. The van der Waals surface area contributed by atoms with Crippen molar-refractivity contribution in [2.75, 3.05) is 0 Å². The first kappa shape index (κ1) is 14.3. The lowest BCUT2D eigenvalue weighted by Gasteiger charge is -2.20. The summed E-state index contributed by atoms with van der Waals surface area (Å²) in [5.41, 5.74) is 2.59. The molecule has 100 valence electrons. The number of hydrogen-bond donors (Lipinski definition) is 0. The molecular formula is C17H19BrO. The summed E-state index contributed by atoms with van der Waals surface area (Å²) in [5.74, 6) is 0.746. The smallest absolute Gasteiger partial charge is 0.159 e. The van der Waals surface area contributed by atoms with Gasteiger partial charge in [0.05, 0.1) is 0 Å². The molecule has 2 rings (SSSR count). The van der Waals surface area contributed by atoms with Gasteiger partial charge in [0.2, 0.25) is 0 Å². The maximum absolute atomic E-state index is 12.0. The second-order valence-electron chi connectivity index (χ2n) is 5.16. The van der Waals surface area contributed by atoms with Gasteiger partial charge in [-0.1, -0.05) is 65.3 Å². The third kappa shape index (κ3) is 3.90. The van der Waals surface area contributed by atoms with Crippen LogP contribution in [0.1, 0.15) is 24.5 Å². The average molecular weight is 319 g/mol. The molecule has 1 aliphatic carbocycles. The van der Waals surface area contributed by atoms with Gasteiger partial charge in [0, 0.05) is 11.2 Å². The number of halogens is 1. The number of carbonyl (C=O) groups is 1. The van der Waals surface area contributed by atoms with Crippen LogP contribution in [0.15, 0.2) is 48.6 Å². The first-order valence-corrected chi connectivity index (χ1v) is 7.83. The predicted molar refractivity (Wildman–Crippen MR) is 83.3 cm³/mol. The molecule has 0 radical (unpaired) electrons. The van der Waals surface area contributed by atoms with Gasteiger partial charge in [-0.25, -0.2) is 0 Å². The lowest BCUT2D eigenvalue weighted by molar-refractivity contribution is -0.119. The van der Waals surface area contributed by atoms with Gasteiger partial charge in [0.1, 0.15) is 0 Å². The molecule has 0 fully saturated rings. The first-order valence-electron chi connectivity index (χ1n) is 6.71. The monoisotopic (exact) mass is 318 g/mol. The van der Waals surface area contributed by atoms with Crippen molar-refractivity contribution in [1.82, 2.24) is 0 Å². The van der Waals surface area contributed by atoms with Crippen molar-refractivity contribution in [3.63, 3.8) is 0 Å². The predicted octanol–water partition coefficient (Wildman–Crippen LogP) is 4.46. The van der Waals surface area contributed by atoms with Crippen molar-refractivity contribution < 1.29 is 4.79 Å². The lowest BCUT2D eigenvalue weighted by atomic mass is 9.83. The van der Waals surface area contributed by atoms with Gasteiger partial charge >= 0.3 is 0 Å². The molecule has 0 aromatic heterocycles. The van der Waals surface area contributed by atoms with E-state index in [0.29, 0.717) is 5.92 Å². The highest BCUT2D eigenvalue weighted by atomic mass is 79.9. The molecular weight excluding hydrogens is 300 g/mol. The maximum atomic E-state index is 12.0. The molecule has 1 nitrogen and oxygen atoms in total. The summed E-state index contributed by atoms with van der Waals surface area (Å²) in [5, 5.41) is 0.888. The molecule has 19 heavy (non-hydrogen) atoms. The van der Waals surface area contributed by atoms with E-state index >= 15 is 0 Å². The van der Waals surface area contributed by atoms with Crippen LogP contribution in [0, 0.1) is 11.8 Å². The Bertz CT molecular complexity index is 484. The zero-order chi connectivity index (χ0) is 13.7. The van der Waals surface area contributed by atoms with Crippen LogP contribution < -0.4 is 0 Å². The van der Waals surface area contributed by atoms with Gasteiger partial charge in [-0.05, 0) is 36.0 Å². The van der Waals surface area contributed by atoms with Gasteiger partial charge < -0.3 is 0 Å². The third-order valence-electron chi connectivity index (χ3n) is 3.68. The fourth-order valence-electron chi connectivity index (χ4n) is 2.49. The van der Waals surface area contributed by atoms with Crippen LogP contribution in [-0.2, 0) is 16.5 Å². The highest BCUT2D eigenvalue weighted by molar-refractivity contribution is 9.08. The molecule has 1 aromatic rings. The standard InChI is InChI=1S/C17H19BrO/c1-13(16-5-3-2-4-6-17(16)19)11-14-7-9-15(12-18)10-8-14/h2-4,6-10,13,16H,5,11-12H2,1H3. The van der Waals surface area contributed by atoms with Gasteiger partial charge in [0.25, 0.3) is 0 Å². The zero-order valence-electron chi connectivity index (χ0n) is 11.2. The summed E-state index contributed by atoms with van der Waals surface area (Å²) in [6.45, 7) is 2.17. The maximum Gasteiger partial charge on any atom is 0.159 e. The van der Waals surface area contributed by atoms with Gasteiger partial charge in [-0.15, -0.1) is 0 Å². The largest absolute Gasteiger partial charge is 0.295 e. The lowest BCUT2D eigenvalue weighted by Crippen LogP contribution is -2.21. The average Bonchev–Trinajstić information content (AvgIpc) is 2.64. The fourth-order valence-corrected chi connectivity index (χ4v) is 2.86. The van der Waals surface area contributed by atoms with Crippen LogP contribution >= 0.6 is 15.9 Å². The van der Waals surface area contributed by atoms with Gasteiger partial charge in [0.15, 0.2) is 5.78 Å². The van der Waals surface area contributed by atoms with Crippen molar-refractivity contribution in [3.8, 4) is 0 Å². The van der Waals surface area contributed by atoms with E-state index in [1.165, 1.54) is 11.1 Å². The number of hydrogen-bond acceptors (Lipinski definition) is 1. The third-order valence-corrected chi connectivity index (χ3v) is 4.33. The van der Waals surface area contributed by atoms with Crippen LogP contribution in [-0.4, -0.2) is 5.78 Å². The summed E-state index contributed by atoms with van der Waals surface area (Å²) >= 11 is 3.45. The van der Waals surface area contributed by atoms with Gasteiger partial charge in [-0.2, -0.15) is 0 Å². The minimum Gasteiger partial charge on any atom is -0.295 e. The van der Waals surface area contributed by atoms with E-state index in [-0.39, 0.29) is 11.7 Å².